The lowest BCUT2D eigenvalue weighted by Gasteiger charge is -2.27. The van der Waals surface area contributed by atoms with Crippen LogP contribution in [0, 0.1) is 0 Å². The van der Waals surface area contributed by atoms with Gasteiger partial charge in [-0.25, -0.2) is 0 Å². The smallest absolute Gasteiger partial charge is 0.0541 e. The number of rotatable bonds is 8. The SMILES string of the molecule is C=C1/C=C\C(c2ccc3c(-c4ccccc4)c4cc(-c5ccc6c(c5)c5ccccc5n6-c5ccc(-c6ccccc6)cc5)ccc4c(-c4ccccc4)c3c2)=C/Cc2ccccc2N1c1ccc(-c2ccccc2)cc1. The van der Waals surface area contributed by atoms with Crippen LogP contribution < -0.4 is 4.90 Å². The Balaban J connectivity index is 0.900. The van der Waals surface area contributed by atoms with E-state index in [-0.39, 0.29) is 0 Å². The third-order valence-electron chi connectivity index (χ3n) is 15.6. The van der Waals surface area contributed by atoms with Crippen molar-refractivity contribution in [3.05, 3.63) is 315 Å². The predicted molar refractivity (Wildman–Crippen MR) is 328 cm³/mol. The first-order chi connectivity index (χ1) is 38.1. The van der Waals surface area contributed by atoms with E-state index < -0.39 is 0 Å². The van der Waals surface area contributed by atoms with Crippen LogP contribution in [0.25, 0.3) is 110 Å². The largest absolute Gasteiger partial charge is 0.311 e. The minimum Gasteiger partial charge on any atom is -0.311 e. The molecule has 77 heavy (non-hydrogen) atoms. The van der Waals surface area contributed by atoms with E-state index in [2.05, 4.69) is 301 Å². The van der Waals surface area contributed by atoms with Gasteiger partial charge in [-0.05, 0) is 167 Å². The van der Waals surface area contributed by atoms with Gasteiger partial charge in [0.05, 0.1) is 11.0 Å². The van der Waals surface area contributed by atoms with E-state index in [0.29, 0.717) is 0 Å². The molecule has 2 heteroatoms. The maximum absolute atomic E-state index is 4.70. The van der Waals surface area contributed by atoms with Gasteiger partial charge in [0.2, 0.25) is 0 Å². The molecule has 0 saturated carbocycles. The molecule has 0 unspecified atom stereocenters. The van der Waals surface area contributed by atoms with E-state index in [1.807, 2.05) is 0 Å². The number of fused-ring (bicyclic) bond motifs is 6. The molecule has 0 spiro atoms. The first-order valence-corrected chi connectivity index (χ1v) is 26.6. The Hall–Kier alpha value is -10.0. The number of hydrogen-bond donors (Lipinski definition) is 0. The van der Waals surface area contributed by atoms with Gasteiger partial charge in [0, 0.05) is 33.5 Å². The lowest BCUT2D eigenvalue weighted by atomic mass is 9.83. The van der Waals surface area contributed by atoms with Crippen LogP contribution in [0.4, 0.5) is 11.4 Å². The molecule has 362 valence electrons. The van der Waals surface area contributed by atoms with E-state index in [9.17, 15) is 0 Å². The monoisotopic (exact) mass is 980 g/mol. The van der Waals surface area contributed by atoms with Crippen molar-refractivity contribution in [3.63, 3.8) is 0 Å². The average Bonchev–Trinajstić information content (AvgIpc) is 3.98. The molecular formula is C75H52N2. The van der Waals surface area contributed by atoms with Crippen LogP contribution in [0.5, 0.6) is 0 Å². The summed E-state index contributed by atoms with van der Waals surface area (Å²) in [6.45, 7) is 4.70. The minimum absolute atomic E-state index is 0.759. The third-order valence-corrected chi connectivity index (χ3v) is 15.6. The Labute approximate surface area is 449 Å². The molecule has 0 saturated heterocycles. The minimum atomic E-state index is 0.759. The molecule has 1 aliphatic rings. The highest BCUT2D eigenvalue weighted by atomic mass is 15.1. The summed E-state index contributed by atoms with van der Waals surface area (Å²) in [7, 11) is 0. The van der Waals surface area contributed by atoms with Crippen molar-refractivity contribution in [2.24, 2.45) is 0 Å². The fourth-order valence-electron chi connectivity index (χ4n) is 11.8. The fourth-order valence-corrected chi connectivity index (χ4v) is 11.8. The molecule has 2 heterocycles. The van der Waals surface area contributed by atoms with Crippen molar-refractivity contribution < 1.29 is 0 Å². The number of para-hydroxylation sites is 2. The average molecular weight is 981 g/mol. The number of benzene rings is 12. The highest BCUT2D eigenvalue weighted by molar-refractivity contribution is 6.22. The van der Waals surface area contributed by atoms with Crippen molar-refractivity contribution in [1.29, 1.82) is 0 Å². The summed E-state index contributed by atoms with van der Waals surface area (Å²) in [5.41, 5.74) is 22.2. The van der Waals surface area contributed by atoms with Crippen molar-refractivity contribution >= 4 is 60.3 Å². The van der Waals surface area contributed by atoms with Crippen molar-refractivity contribution in [2.75, 3.05) is 4.90 Å². The standard InChI is InChI=1S/C75H52N2/c1-51-30-31-56(32-33-57-22-14-16-28-71(57)76(51)63-41-34-54(35-42-63)52-18-6-2-7-19-52)60-38-45-66-69(49-60)74(58-23-10-4-11-24-58)67-46-39-61(50-70(67)75(66)59-25-12-5-13-26-59)62-40-47-73-68(48-62)65-27-15-17-29-72(65)77(73)64-43-36-55(37-44-64)53-20-8-3-9-21-53/h2-32,34-50H,1,33H2/b31-30-,56-32+. The predicted octanol–water partition coefficient (Wildman–Crippen LogP) is 20.3. The summed E-state index contributed by atoms with van der Waals surface area (Å²) in [4.78, 5) is 2.29. The van der Waals surface area contributed by atoms with Crippen molar-refractivity contribution in [1.82, 2.24) is 4.57 Å². The van der Waals surface area contributed by atoms with E-state index in [1.54, 1.807) is 0 Å². The van der Waals surface area contributed by atoms with Gasteiger partial charge in [-0.3, -0.25) is 0 Å². The third kappa shape index (κ3) is 8.25. The second-order valence-corrected chi connectivity index (χ2v) is 20.1. The van der Waals surface area contributed by atoms with Gasteiger partial charge in [0.15, 0.2) is 0 Å². The van der Waals surface area contributed by atoms with E-state index in [4.69, 9.17) is 6.58 Å². The van der Waals surface area contributed by atoms with Gasteiger partial charge in [-0.1, -0.05) is 231 Å². The Morgan fingerprint density at radius 3 is 1.35 bits per heavy atom. The Kier molecular flexibility index (Phi) is 11.5. The van der Waals surface area contributed by atoms with Crippen molar-refractivity contribution in [2.45, 2.75) is 6.42 Å². The molecule has 1 aliphatic heterocycles. The number of nitrogens with zero attached hydrogens (tertiary/aromatic N) is 2. The van der Waals surface area contributed by atoms with Gasteiger partial charge in [0.25, 0.3) is 0 Å². The zero-order valence-electron chi connectivity index (χ0n) is 42.5. The highest BCUT2D eigenvalue weighted by Crippen LogP contribution is 2.47. The zero-order chi connectivity index (χ0) is 51.2. The summed E-state index contributed by atoms with van der Waals surface area (Å²) in [6, 6.07) is 99.7. The molecule has 13 aromatic rings. The number of anilines is 2. The summed E-state index contributed by atoms with van der Waals surface area (Å²) < 4.78 is 2.41. The van der Waals surface area contributed by atoms with Crippen molar-refractivity contribution in [3.8, 4) is 61.3 Å². The summed E-state index contributed by atoms with van der Waals surface area (Å²) in [5.74, 6) is 0. The topological polar surface area (TPSA) is 8.17 Å². The van der Waals surface area contributed by atoms with Gasteiger partial charge >= 0.3 is 0 Å². The van der Waals surface area contributed by atoms with Crippen LogP contribution in [0.3, 0.4) is 0 Å². The molecule has 0 atom stereocenters. The van der Waals surface area contributed by atoms with Crippen LogP contribution in [0.15, 0.2) is 303 Å². The van der Waals surface area contributed by atoms with Crippen LogP contribution in [0.2, 0.25) is 0 Å². The number of aromatic nitrogens is 1. The molecule has 0 N–H and O–H groups in total. The van der Waals surface area contributed by atoms with E-state index in [1.165, 1.54) is 105 Å². The molecule has 0 fully saturated rings. The van der Waals surface area contributed by atoms with Crippen LogP contribution in [-0.4, -0.2) is 4.57 Å². The summed E-state index contributed by atoms with van der Waals surface area (Å²) in [5, 5.41) is 7.34. The Morgan fingerprint density at radius 1 is 0.299 bits per heavy atom. The molecular weight excluding hydrogens is 929 g/mol. The van der Waals surface area contributed by atoms with Gasteiger partial charge in [-0.15, -0.1) is 0 Å². The number of hydrogen-bond acceptors (Lipinski definition) is 1. The molecule has 12 aromatic carbocycles. The van der Waals surface area contributed by atoms with Crippen LogP contribution in [0.1, 0.15) is 11.1 Å². The van der Waals surface area contributed by atoms with Crippen LogP contribution >= 0.6 is 0 Å². The molecule has 0 amide bonds. The zero-order valence-corrected chi connectivity index (χ0v) is 42.5. The summed E-state index contributed by atoms with van der Waals surface area (Å²) in [6.07, 6.45) is 7.58. The highest BCUT2D eigenvalue weighted by Gasteiger charge is 2.22. The molecule has 14 rings (SSSR count). The van der Waals surface area contributed by atoms with Crippen LogP contribution in [-0.2, 0) is 6.42 Å². The van der Waals surface area contributed by atoms with Gasteiger partial charge in [-0.2, -0.15) is 0 Å². The maximum atomic E-state index is 4.70. The molecule has 1 aromatic heterocycles. The maximum Gasteiger partial charge on any atom is 0.0541 e. The first-order valence-electron chi connectivity index (χ1n) is 26.6. The van der Waals surface area contributed by atoms with Gasteiger partial charge < -0.3 is 9.47 Å². The lowest BCUT2D eigenvalue weighted by molar-refractivity contribution is 1.17. The second-order valence-electron chi connectivity index (χ2n) is 20.1. The fraction of sp³-hybridized carbons (Fsp3) is 0.0133. The molecule has 0 aliphatic carbocycles. The summed E-state index contributed by atoms with van der Waals surface area (Å²) >= 11 is 0. The van der Waals surface area contributed by atoms with E-state index >= 15 is 0 Å². The normalized spacial score (nSPS) is 13.7. The Morgan fingerprint density at radius 2 is 0.740 bits per heavy atom. The molecule has 2 nitrogen and oxygen atoms in total. The second kappa shape index (κ2) is 19.4. The lowest BCUT2D eigenvalue weighted by Crippen LogP contribution is -2.15. The van der Waals surface area contributed by atoms with Gasteiger partial charge in [0.1, 0.15) is 0 Å². The molecule has 0 bridgehead atoms. The Bertz CT molecular complexity index is 4430. The first kappa shape index (κ1) is 45.6. The quantitative estimate of drug-likeness (QED) is 0.138. The van der Waals surface area contributed by atoms with E-state index in [0.717, 1.165) is 40.3 Å². The number of allylic oxidation sites excluding steroid dienone is 4. The molecule has 0 radical (unpaired) electrons.